The monoisotopic (exact) mass is 361 g/mol. The number of carbonyl (C=O) groups is 1. The van der Waals surface area contributed by atoms with Gasteiger partial charge in [0.15, 0.2) is 0 Å². The second kappa shape index (κ2) is 8.20. The number of thioether (sulfide) groups is 1. The molecule has 0 saturated carbocycles. The zero-order valence-electron chi connectivity index (χ0n) is 15.1. The highest BCUT2D eigenvalue weighted by Gasteiger charge is 2.26. The molecule has 0 saturated heterocycles. The molecule has 1 amide bonds. The maximum absolute atomic E-state index is 12.5. The van der Waals surface area contributed by atoms with Crippen molar-refractivity contribution in [2.24, 2.45) is 5.16 Å². The van der Waals surface area contributed by atoms with Crippen molar-refractivity contribution in [3.63, 3.8) is 0 Å². The van der Waals surface area contributed by atoms with E-state index in [1.807, 2.05) is 57.5 Å². The predicted molar refractivity (Wildman–Crippen MR) is 102 cm³/mol. The number of benzene rings is 1. The third-order valence-corrected chi connectivity index (χ3v) is 4.13. The van der Waals surface area contributed by atoms with Gasteiger partial charge >= 0.3 is 0 Å². The van der Waals surface area contributed by atoms with Gasteiger partial charge in [-0.2, -0.15) is 0 Å². The van der Waals surface area contributed by atoms with Crippen LogP contribution in [0.1, 0.15) is 19.4 Å². The summed E-state index contributed by atoms with van der Waals surface area (Å²) in [6.45, 7) is 5.65. The SMILES string of the molecule is CO/N=C/C(C)(C)NC(=O)C(Oc1ccc2ncc(C)cc2c1)SC. The fourth-order valence-electron chi connectivity index (χ4n) is 2.22. The van der Waals surface area contributed by atoms with Crippen LogP contribution in [0.3, 0.4) is 0 Å². The lowest BCUT2D eigenvalue weighted by atomic mass is 10.1. The van der Waals surface area contributed by atoms with Gasteiger partial charge in [0.2, 0.25) is 5.44 Å². The Kier molecular flexibility index (Phi) is 6.25. The van der Waals surface area contributed by atoms with Crippen molar-refractivity contribution < 1.29 is 14.4 Å². The van der Waals surface area contributed by atoms with Crippen LogP contribution in [0, 0.1) is 6.92 Å². The number of nitrogens with one attached hydrogen (secondary N) is 1. The summed E-state index contributed by atoms with van der Waals surface area (Å²) in [5.41, 5.74) is 0.642. The Bertz CT molecular complexity index is 777. The van der Waals surface area contributed by atoms with Gasteiger partial charge in [0.1, 0.15) is 12.9 Å². The van der Waals surface area contributed by atoms with Crippen molar-refractivity contribution in [1.29, 1.82) is 0 Å². The third kappa shape index (κ3) is 5.35. The Balaban J connectivity index is 2.13. The molecule has 1 atom stereocenters. The molecule has 0 aliphatic rings. The van der Waals surface area contributed by atoms with E-state index in [1.165, 1.54) is 25.1 Å². The van der Waals surface area contributed by atoms with Crippen LogP contribution in [0.5, 0.6) is 5.75 Å². The molecule has 0 fully saturated rings. The number of carbonyl (C=O) groups excluding carboxylic acids is 1. The van der Waals surface area contributed by atoms with Gasteiger partial charge in [-0.05, 0) is 56.9 Å². The number of fused-ring (bicyclic) bond motifs is 1. The minimum atomic E-state index is -0.676. The highest BCUT2D eigenvalue weighted by Crippen LogP contribution is 2.23. The van der Waals surface area contributed by atoms with E-state index in [2.05, 4.69) is 20.3 Å². The summed E-state index contributed by atoms with van der Waals surface area (Å²) in [5, 5.41) is 7.57. The number of nitrogens with zero attached hydrogens (tertiary/aromatic N) is 2. The Labute approximate surface area is 152 Å². The number of pyridine rings is 1. The molecule has 0 aliphatic carbocycles. The first-order valence-electron chi connectivity index (χ1n) is 7.80. The number of rotatable bonds is 7. The summed E-state index contributed by atoms with van der Waals surface area (Å²) >= 11 is 1.32. The van der Waals surface area contributed by atoms with Crippen LogP contribution in [0.4, 0.5) is 0 Å². The van der Waals surface area contributed by atoms with E-state index in [4.69, 9.17) is 4.74 Å². The maximum Gasteiger partial charge on any atom is 0.272 e. The number of aromatic nitrogens is 1. The van der Waals surface area contributed by atoms with Crippen molar-refractivity contribution in [3.05, 3.63) is 36.0 Å². The van der Waals surface area contributed by atoms with E-state index in [1.54, 1.807) is 0 Å². The molecule has 0 aliphatic heterocycles. The molecule has 0 radical (unpaired) electrons. The van der Waals surface area contributed by atoms with Crippen LogP contribution in [-0.4, -0.2) is 41.4 Å². The van der Waals surface area contributed by atoms with E-state index >= 15 is 0 Å². The van der Waals surface area contributed by atoms with Crippen molar-refractivity contribution in [1.82, 2.24) is 10.3 Å². The number of ether oxygens (including phenoxy) is 1. The largest absolute Gasteiger partial charge is 0.470 e. The van der Waals surface area contributed by atoms with E-state index in [0.717, 1.165) is 16.5 Å². The predicted octanol–water partition coefficient (Wildman–Crippen LogP) is 3.14. The van der Waals surface area contributed by atoms with Crippen molar-refractivity contribution >= 4 is 34.8 Å². The molecular formula is C18H23N3O3S. The van der Waals surface area contributed by atoms with Gasteiger partial charge in [0.05, 0.1) is 17.3 Å². The average Bonchev–Trinajstić information content (AvgIpc) is 2.57. The lowest BCUT2D eigenvalue weighted by Gasteiger charge is -2.24. The molecule has 134 valence electrons. The molecule has 25 heavy (non-hydrogen) atoms. The van der Waals surface area contributed by atoms with Crippen LogP contribution in [-0.2, 0) is 9.63 Å². The standard InChI is InChI=1S/C18H23N3O3S/c1-12-8-13-9-14(6-7-15(13)19-10-12)24-17(25-5)16(22)21-18(2,3)11-20-23-4/h6-11,17H,1-5H3,(H,21,22)/b20-11+. The first-order chi connectivity index (χ1) is 11.8. The summed E-state index contributed by atoms with van der Waals surface area (Å²) in [4.78, 5) is 21.5. The molecule has 0 spiro atoms. The third-order valence-electron chi connectivity index (χ3n) is 3.39. The molecule has 7 heteroatoms. The second-order valence-electron chi connectivity index (χ2n) is 6.18. The van der Waals surface area contributed by atoms with E-state index in [-0.39, 0.29) is 5.91 Å². The summed E-state index contributed by atoms with van der Waals surface area (Å²) < 4.78 is 5.87. The Morgan fingerprint density at radius 3 is 2.84 bits per heavy atom. The smallest absolute Gasteiger partial charge is 0.272 e. The summed E-state index contributed by atoms with van der Waals surface area (Å²) in [6.07, 6.45) is 5.19. The number of amides is 1. The lowest BCUT2D eigenvalue weighted by Crippen LogP contribution is -2.49. The lowest BCUT2D eigenvalue weighted by molar-refractivity contribution is -0.125. The molecular weight excluding hydrogens is 338 g/mol. The van der Waals surface area contributed by atoms with Gasteiger partial charge < -0.3 is 14.9 Å². The van der Waals surface area contributed by atoms with Gasteiger partial charge in [-0.1, -0.05) is 5.16 Å². The first-order valence-corrected chi connectivity index (χ1v) is 9.09. The molecule has 1 aromatic carbocycles. The summed E-state index contributed by atoms with van der Waals surface area (Å²) in [7, 11) is 1.46. The fourth-order valence-corrected chi connectivity index (χ4v) is 2.70. The van der Waals surface area contributed by atoms with Crippen LogP contribution >= 0.6 is 11.8 Å². The quantitative estimate of drug-likeness (QED) is 0.466. The normalized spacial score (nSPS) is 13.0. The molecule has 1 unspecified atom stereocenters. The van der Waals surface area contributed by atoms with Gasteiger partial charge in [-0.3, -0.25) is 9.78 Å². The molecule has 1 N–H and O–H groups in total. The second-order valence-corrected chi connectivity index (χ2v) is 7.08. The molecule has 1 heterocycles. The van der Waals surface area contributed by atoms with E-state index in [0.29, 0.717) is 5.75 Å². The van der Waals surface area contributed by atoms with E-state index in [9.17, 15) is 4.79 Å². The number of hydrogen-bond acceptors (Lipinski definition) is 6. The average molecular weight is 361 g/mol. The Hall–Kier alpha value is -2.28. The van der Waals surface area contributed by atoms with Gasteiger partial charge in [0.25, 0.3) is 5.91 Å². The Morgan fingerprint density at radius 1 is 1.40 bits per heavy atom. The number of oxime groups is 1. The van der Waals surface area contributed by atoms with Crippen molar-refractivity contribution in [2.45, 2.75) is 31.7 Å². The molecule has 0 bridgehead atoms. The van der Waals surface area contributed by atoms with Crippen molar-refractivity contribution in [2.75, 3.05) is 13.4 Å². The van der Waals surface area contributed by atoms with Gasteiger partial charge in [-0.15, -0.1) is 11.8 Å². The highest BCUT2D eigenvalue weighted by molar-refractivity contribution is 7.99. The molecule has 2 aromatic rings. The highest BCUT2D eigenvalue weighted by atomic mass is 32.2. The van der Waals surface area contributed by atoms with Crippen LogP contribution < -0.4 is 10.1 Å². The molecule has 2 rings (SSSR count). The summed E-state index contributed by atoms with van der Waals surface area (Å²) in [6, 6.07) is 7.63. The summed E-state index contributed by atoms with van der Waals surface area (Å²) in [5.74, 6) is 0.389. The van der Waals surface area contributed by atoms with Crippen molar-refractivity contribution in [3.8, 4) is 5.75 Å². The van der Waals surface area contributed by atoms with Crippen LogP contribution in [0.25, 0.3) is 10.9 Å². The topological polar surface area (TPSA) is 72.8 Å². The minimum Gasteiger partial charge on any atom is -0.470 e. The van der Waals surface area contributed by atoms with Gasteiger partial charge in [-0.25, -0.2) is 0 Å². The first kappa shape index (κ1) is 19.1. The number of hydrogen-bond donors (Lipinski definition) is 1. The molecule has 1 aromatic heterocycles. The number of aryl methyl sites for hydroxylation is 1. The van der Waals surface area contributed by atoms with Crippen LogP contribution in [0.2, 0.25) is 0 Å². The zero-order valence-corrected chi connectivity index (χ0v) is 15.9. The molecule has 6 nitrogen and oxygen atoms in total. The van der Waals surface area contributed by atoms with Gasteiger partial charge in [0, 0.05) is 11.6 Å². The fraction of sp³-hybridized carbons (Fsp3) is 0.389. The maximum atomic E-state index is 12.5. The zero-order chi connectivity index (χ0) is 18.4. The minimum absolute atomic E-state index is 0.234. The van der Waals surface area contributed by atoms with Crippen LogP contribution in [0.15, 0.2) is 35.6 Å². The Morgan fingerprint density at radius 2 is 2.16 bits per heavy atom. The van der Waals surface area contributed by atoms with E-state index < -0.39 is 11.0 Å².